The zero-order valence-corrected chi connectivity index (χ0v) is 11.7. The minimum Gasteiger partial charge on any atom is -0.464 e. The lowest BCUT2D eigenvalue weighted by atomic mass is 10.1. The van der Waals surface area contributed by atoms with Gasteiger partial charge in [-0.2, -0.15) is 0 Å². The van der Waals surface area contributed by atoms with Gasteiger partial charge in [0.2, 0.25) is 0 Å². The van der Waals surface area contributed by atoms with Crippen molar-refractivity contribution >= 4 is 5.97 Å². The van der Waals surface area contributed by atoms with Crippen molar-refractivity contribution in [2.24, 2.45) is 0 Å². The van der Waals surface area contributed by atoms with Crippen molar-refractivity contribution in [1.29, 1.82) is 0 Å². The number of aromatic nitrogens is 1. The van der Waals surface area contributed by atoms with Crippen LogP contribution in [0.5, 0.6) is 0 Å². The van der Waals surface area contributed by atoms with Crippen molar-refractivity contribution in [2.75, 3.05) is 7.11 Å². The summed E-state index contributed by atoms with van der Waals surface area (Å²) in [4.78, 5) is 14.2. The highest BCUT2D eigenvalue weighted by Gasteiger charge is 2.13. The minimum atomic E-state index is -0.479. The van der Waals surface area contributed by atoms with Gasteiger partial charge < -0.3 is 15.0 Å². The predicted molar refractivity (Wildman–Crippen MR) is 73.7 cm³/mol. The smallest absolute Gasteiger partial charge is 0.354 e. The van der Waals surface area contributed by atoms with Crippen LogP contribution in [0.15, 0.2) is 30.3 Å². The Balaban J connectivity index is 2.00. The second kappa shape index (κ2) is 6.49. The molecule has 4 nitrogen and oxygen atoms in total. The molecule has 0 radical (unpaired) electrons. The van der Waals surface area contributed by atoms with Gasteiger partial charge >= 0.3 is 5.97 Å². The average molecular weight is 294 g/mol. The molecule has 0 amide bonds. The van der Waals surface area contributed by atoms with Gasteiger partial charge in [-0.25, -0.2) is 13.6 Å². The molecule has 6 heteroatoms. The molecule has 21 heavy (non-hydrogen) atoms. The van der Waals surface area contributed by atoms with E-state index in [1.165, 1.54) is 13.2 Å². The molecule has 0 saturated heterocycles. The molecular formula is C15H16F2N2O2. The van der Waals surface area contributed by atoms with Crippen LogP contribution in [0.1, 0.15) is 34.7 Å². The van der Waals surface area contributed by atoms with Gasteiger partial charge in [-0.05, 0) is 37.3 Å². The molecule has 1 aromatic carbocycles. The molecule has 0 bridgehead atoms. The molecule has 0 aliphatic rings. The van der Waals surface area contributed by atoms with Crippen molar-refractivity contribution in [1.82, 2.24) is 10.3 Å². The molecule has 0 aliphatic carbocycles. The van der Waals surface area contributed by atoms with E-state index >= 15 is 0 Å². The van der Waals surface area contributed by atoms with Crippen LogP contribution in [0.2, 0.25) is 0 Å². The molecule has 1 heterocycles. The summed E-state index contributed by atoms with van der Waals surface area (Å²) in [5.74, 6) is -1.39. The standard InChI is InChI=1S/C15H16F2N2O2/c1-9(12-7-10(16)3-5-13(12)17)18-8-11-4-6-14(19-11)15(20)21-2/h3-7,9,18-19H,8H2,1-2H3. The number of hydrogen-bond acceptors (Lipinski definition) is 3. The van der Waals surface area contributed by atoms with Crippen LogP contribution in [0, 0.1) is 11.6 Å². The van der Waals surface area contributed by atoms with E-state index in [0.717, 1.165) is 17.8 Å². The fraction of sp³-hybridized carbons (Fsp3) is 0.267. The lowest BCUT2D eigenvalue weighted by Crippen LogP contribution is -2.19. The highest BCUT2D eigenvalue weighted by molar-refractivity contribution is 5.87. The van der Waals surface area contributed by atoms with E-state index in [1.54, 1.807) is 19.1 Å². The van der Waals surface area contributed by atoms with Gasteiger partial charge in [-0.3, -0.25) is 0 Å². The highest BCUT2D eigenvalue weighted by Crippen LogP contribution is 2.18. The van der Waals surface area contributed by atoms with Crippen molar-refractivity contribution in [3.05, 3.63) is 58.9 Å². The molecule has 2 aromatic rings. The number of benzene rings is 1. The van der Waals surface area contributed by atoms with E-state index < -0.39 is 17.6 Å². The Labute approximate surface area is 121 Å². The Morgan fingerprint density at radius 1 is 1.33 bits per heavy atom. The Morgan fingerprint density at radius 3 is 2.81 bits per heavy atom. The maximum Gasteiger partial charge on any atom is 0.354 e. The number of ether oxygens (including phenoxy) is 1. The van der Waals surface area contributed by atoms with E-state index in [9.17, 15) is 13.6 Å². The summed E-state index contributed by atoms with van der Waals surface area (Å²) in [6.07, 6.45) is 0. The number of nitrogens with one attached hydrogen (secondary N) is 2. The molecule has 0 aliphatic heterocycles. The Bertz CT molecular complexity index is 640. The maximum atomic E-state index is 13.6. The Kier molecular flexibility index (Phi) is 4.70. The first-order valence-corrected chi connectivity index (χ1v) is 6.45. The number of halogens is 2. The molecule has 0 saturated carbocycles. The van der Waals surface area contributed by atoms with E-state index in [4.69, 9.17) is 0 Å². The number of carbonyl (C=O) groups excluding carboxylic acids is 1. The number of methoxy groups -OCH3 is 1. The molecule has 2 N–H and O–H groups in total. The zero-order chi connectivity index (χ0) is 15.4. The minimum absolute atomic E-state index is 0.259. The summed E-state index contributed by atoms with van der Waals surface area (Å²) in [5.41, 5.74) is 1.35. The van der Waals surface area contributed by atoms with E-state index in [2.05, 4.69) is 15.0 Å². The SMILES string of the molecule is COC(=O)c1ccc(CNC(C)c2cc(F)ccc2F)[nH]1. The van der Waals surface area contributed by atoms with Crippen molar-refractivity contribution in [3.63, 3.8) is 0 Å². The van der Waals surface area contributed by atoms with Crippen molar-refractivity contribution in [2.45, 2.75) is 19.5 Å². The average Bonchev–Trinajstić information content (AvgIpc) is 2.95. The van der Waals surface area contributed by atoms with Gasteiger partial charge in [0.1, 0.15) is 17.3 Å². The Morgan fingerprint density at radius 2 is 2.10 bits per heavy atom. The van der Waals surface area contributed by atoms with Crippen LogP contribution in [-0.4, -0.2) is 18.1 Å². The lowest BCUT2D eigenvalue weighted by molar-refractivity contribution is 0.0594. The normalized spacial score (nSPS) is 12.2. The van der Waals surface area contributed by atoms with Crippen LogP contribution in [0.25, 0.3) is 0 Å². The van der Waals surface area contributed by atoms with Gasteiger partial charge in [-0.15, -0.1) is 0 Å². The van der Waals surface area contributed by atoms with Crippen LogP contribution in [0.4, 0.5) is 8.78 Å². The monoisotopic (exact) mass is 294 g/mol. The van der Waals surface area contributed by atoms with Crippen molar-refractivity contribution in [3.8, 4) is 0 Å². The number of H-pyrrole nitrogens is 1. The molecule has 2 rings (SSSR count). The zero-order valence-electron chi connectivity index (χ0n) is 11.7. The molecule has 1 atom stereocenters. The molecule has 0 spiro atoms. The largest absolute Gasteiger partial charge is 0.464 e. The van der Waals surface area contributed by atoms with E-state index in [1.807, 2.05) is 0 Å². The number of hydrogen-bond donors (Lipinski definition) is 2. The molecule has 1 unspecified atom stereocenters. The Hall–Kier alpha value is -2.21. The third-order valence-electron chi connectivity index (χ3n) is 3.17. The quantitative estimate of drug-likeness (QED) is 0.834. The van der Waals surface area contributed by atoms with Gasteiger partial charge in [0.05, 0.1) is 7.11 Å². The predicted octanol–water partition coefficient (Wildman–Crippen LogP) is 2.93. The molecule has 1 aromatic heterocycles. The van der Waals surface area contributed by atoms with Gasteiger partial charge in [0, 0.05) is 23.8 Å². The highest BCUT2D eigenvalue weighted by atomic mass is 19.1. The number of aromatic amines is 1. The summed E-state index contributed by atoms with van der Waals surface area (Å²) >= 11 is 0. The molecule has 112 valence electrons. The maximum absolute atomic E-state index is 13.6. The second-order valence-corrected chi connectivity index (χ2v) is 4.66. The summed E-state index contributed by atoms with van der Waals surface area (Å²) in [6, 6.07) is 6.32. The molecule has 0 fully saturated rings. The van der Waals surface area contributed by atoms with Gasteiger partial charge in [0.25, 0.3) is 0 Å². The first-order chi connectivity index (χ1) is 10.0. The number of carbonyl (C=O) groups is 1. The van der Waals surface area contributed by atoms with Crippen LogP contribution < -0.4 is 5.32 Å². The second-order valence-electron chi connectivity index (χ2n) is 4.66. The first kappa shape index (κ1) is 15.2. The van der Waals surface area contributed by atoms with Crippen LogP contribution in [0.3, 0.4) is 0 Å². The number of rotatable bonds is 5. The van der Waals surface area contributed by atoms with E-state index in [0.29, 0.717) is 12.2 Å². The summed E-state index contributed by atoms with van der Waals surface area (Å²) in [7, 11) is 1.30. The number of esters is 1. The summed E-state index contributed by atoms with van der Waals surface area (Å²) in [6.45, 7) is 2.12. The summed E-state index contributed by atoms with van der Waals surface area (Å²) < 4.78 is 31.4. The fourth-order valence-electron chi connectivity index (χ4n) is 1.99. The molecular weight excluding hydrogens is 278 g/mol. The fourth-order valence-corrected chi connectivity index (χ4v) is 1.99. The van der Waals surface area contributed by atoms with Gasteiger partial charge in [0.15, 0.2) is 0 Å². The topological polar surface area (TPSA) is 54.1 Å². The van der Waals surface area contributed by atoms with E-state index in [-0.39, 0.29) is 11.6 Å². The first-order valence-electron chi connectivity index (χ1n) is 6.45. The lowest BCUT2D eigenvalue weighted by Gasteiger charge is -2.14. The van der Waals surface area contributed by atoms with Crippen LogP contribution >= 0.6 is 0 Å². The third kappa shape index (κ3) is 3.66. The third-order valence-corrected chi connectivity index (χ3v) is 3.17. The van der Waals surface area contributed by atoms with Crippen LogP contribution in [-0.2, 0) is 11.3 Å². The summed E-state index contributed by atoms with van der Waals surface area (Å²) in [5, 5.41) is 3.06. The van der Waals surface area contributed by atoms with Crippen molar-refractivity contribution < 1.29 is 18.3 Å². The van der Waals surface area contributed by atoms with Gasteiger partial charge in [-0.1, -0.05) is 0 Å².